The number of sulfonamides is 1. The molecule has 3 rings (SSSR count). The zero-order chi connectivity index (χ0) is 27.2. The molecule has 0 heterocycles. The summed E-state index contributed by atoms with van der Waals surface area (Å²) >= 11 is 6.40. The Balaban J connectivity index is 2.04. The smallest absolute Gasteiger partial charge is 0.264 e. The van der Waals surface area contributed by atoms with Gasteiger partial charge in [-0.25, -0.2) is 8.42 Å². The van der Waals surface area contributed by atoms with Crippen molar-refractivity contribution in [2.45, 2.75) is 51.2 Å². The molecule has 0 spiro atoms. The third-order valence-corrected chi connectivity index (χ3v) is 8.02. The van der Waals surface area contributed by atoms with Gasteiger partial charge in [-0.2, -0.15) is 0 Å². The van der Waals surface area contributed by atoms with Crippen LogP contribution in [0.25, 0.3) is 0 Å². The normalized spacial score (nSPS) is 12.2. The van der Waals surface area contributed by atoms with Crippen LogP contribution in [0, 0.1) is 6.92 Å². The van der Waals surface area contributed by atoms with Crippen LogP contribution in [-0.2, 0) is 26.2 Å². The first-order chi connectivity index (χ1) is 17.5. The molecule has 1 atom stereocenters. The third kappa shape index (κ3) is 6.90. The van der Waals surface area contributed by atoms with E-state index in [9.17, 15) is 18.0 Å². The molecule has 0 saturated carbocycles. The molecule has 1 N–H and O–H groups in total. The molecule has 0 bridgehead atoms. The first kappa shape index (κ1) is 28.2. The van der Waals surface area contributed by atoms with Gasteiger partial charge in [0.15, 0.2) is 0 Å². The molecule has 0 aliphatic rings. The van der Waals surface area contributed by atoms with Crippen LogP contribution in [0.15, 0.2) is 83.8 Å². The molecule has 37 heavy (non-hydrogen) atoms. The van der Waals surface area contributed by atoms with Crippen LogP contribution in [-0.4, -0.2) is 43.8 Å². The average molecular weight is 542 g/mol. The van der Waals surface area contributed by atoms with Gasteiger partial charge < -0.3 is 10.2 Å². The van der Waals surface area contributed by atoms with Gasteiger partial charge in [-0.15, -0.1) is 0 Å². The summed E-state index contributed by atoms with van der Waals surface area (Å²) in [6.45, 7) is 6.84. The maximum Gasteiger partial charge on any atom is 0.264 e. The van der Waals surface area contributed by atoms with E-state index >= 15 is 0 Å². The topological polar surface area (TPSA) is 86.8 Å². The van der Waals surface area contributed by atoms with E-state index in [0.29, 0.717) is 0 Å². The number of hydrogen-bond donors (Lipinski definition) is 1. The third-order valence-electron chi connectivity index (χ3n) is 5.93. The minimum Gasteiger partial charge on any atom is -0.352 e. The molecule has 0 fully saturated rings. The molecule has 7 nitrogen and oxygen atoms in total. The van der Waals surface area contributed by atoms with Crippen molar-refractivity contribution in [2.75, 3.05) is 10.8 Å². The summed E-state index contributed by atoms with van der Waals surface area (Å²) in [6.07, 6.45) is 0. The minimum atomic E-state index is -4.15. The van der Waals surface area contributed by atoms with Crippen molar-refractivity contribution < 1.29 is 18.0 Å². The maximum atomic E-state index is 13.9. The van der Waals surface area contributed by atoms with Crippen LogP contribution >= 0.6 is 11.6 Å². The molecular formula is C28H32ClN3O4S. The Labute approximate surface area is 224 Å². The first-order valence-corrected chi connectivity index (χ1v) is 13.8. The van der Waals surface area contributed by atoms with E-state index in [1.165, 1.54) is 17.0 Å². The number of nitrogens with zero attached hydrogens (tertiary/aromatic N) is 2. The summed E-state index contributed by atoms with van der Waals surface area (Å²) in [6, 6.07) is 20.9. The Morgan fingerprint density at radius 2 is 1.49 bits per heavy atom. The van der Waals surface area contributed by atoms with Gasteiger partial charge >= 0.3 is 0 Å². The Hall–Kier alpha value is -3.36. The van der Waals surface area contributed by atoms with Gasteiger partial charge in [0.05, 0.1) is 15.6 Å². The van der Waals surface area contributed by atoms with Crippen LogP contribution in [0.4, 0.5) is 5.69 Å². The predicted octanol–water partition coefficient (Wildman–Crippen LogP) is 4.79. The largest absolute Gasteiger partial charge is 0.352 e. The highest BCUT2D eigenvalue weighted by molar-refractivity contribution is 7.92. The molecule has 0 saturated heterocycles. The van der Waals surface area contributed by atoms with Crippen molar-refractivity contribution in [3.05, 3.63) is 95.0 Å². The Morgan fingerprint density at radius 3 is 2.11 bits per heavy atom. The number of benzene rings is 3. The number of carbonyl (C=O) groups is 2. The van der Waals surface area contributed by atoms with Gasteiger partial charge in [0.25, 0.3) is 10.0 Å². The van der Waals surface area contributed by atoms with Crippen LogP contribution in [0.1, 0.15) is 31.9 Å². The van der Waals surface area contributed by atoms with Crippen LogP contribution < -0.4 is 9.62 Å². The van der Waals surface area contributed by atoms with Crippen molar-refractivity contribution >= 4 is 39.1 Å². The van der Waals surface area contributed by atoms with Crippen LogP contribution in [0.2, 0.25) is 5.02 Å². The van der Waals surface area contributed by atoms with Gasteiger partial charge in [-0.3, -0.25) is 13.9 Å². The highest BCUT2D eigenvalue weighted by Crippen LogP contribution is 2.30. The SMILES string of the molecule is Cc1ccccc1CN(C(=O)CN(c1ccccc1Cl)S(=O)(=O)c1ccccc1)[C@@H](C)C(=O)NC(C)C. The summed E-state index contributed by atoms with van der Waals surface area (Å²) in [4.78, 5) is 28.2. The molecular weight excluding hydrogens is 510 g/mol. The summed E-state index contributed by atoms with van der Waals surface area (Å²) < 4.78 is 28.4. The number of para-hydroxylation sites is 1. The number of amides is 2. The second-order valence-electron chi connectivity index (χ2n) is 9.06. The zero-order valence-electron chi connectivity index (χ0n) is 21.4. The summed E-state index contributed by atoms with van der Waals surface area (Å²) in [7, 11) is -4.15. The quantitative estimate of drug-likeness (QED) is 0.400. The second kappa shape index (κ2) is 12.3. The lowest BCUT2D eigenvalue weighted by molar-refractivity contribution is -0.139. The number of halogens is 1. The zero-order valence-corrected chi connectivity index (χ0v) is 23.0. The monoisotopic (exact) mass is 541 g/mol. The molecule has 9 heteroatoms. The molecule has 3 aromatic carbocycles. The van der Waals surface area contributed by atoms with E-state index in [1.807, 2.05) is 45.0 Å². The highest BCUT2D eigenvalue weighted by Gasteiger charge is 2.33. The maximum absolute atomic E-state index is 13.9. The van der Waals surface area contributed by atoms with Gasteiger partial charge in [0.2, 0.25) is 11.8 Å². The molecule has 0 aromatic heterocycles. The first-order valence-electron chi connectivity index (χ1n) is 12.0. The van der Waals surface area contributed by atoms with E-state index in [2.05, 4.69) is 5.32 Å². The number of nitrogens with one attached hydrogen (secondary N) is 1. The molecule has 2 amide bonds. The standard InChI is InChI=1S/C28H32ClN3O4S/c1-20(2)30-28(34)22(4)31(18-23-13-9-8-12-21(23)3)27(33)19-32(26-17-11-10-16-25(26)29)37(35,36)24-14-6-5-7-15-24/h5-17,20,22H,18-19H2,1-4H3,(H,30,34)/t22-/m0/s1. The fraction of sp³-hybridized carbons (Fsp3) is 0.286. The van der Waals surface area contributed by atoms with E-state index in [4.69, 9.17) is 11.6 Å². The van der Waals surface area contributed by atoms with E-state index in [0.717, 1.165) is 15.4 Å². The number of anilines is 1. The number of rotatable bonds is 10. The Bertz CT molecular complexity index is 1350. The van der Waals surface area contributed by atoms with Crippen molar-refractivity contribution in [1.29, 1.82) is 0 Å². The van der Waals surface area contributed by atoms with Gasteiger partial charge in [0, 0.05) is 12.6 Å². The molecule has 3 aromatic rings. The van der Waals surface area contributed by atoms with Crippen molar-refractivity contribution in [3.8, 4) is 0 Å². The lowest BCUT2D eigenvalue weighted by Gasteiger charge is -2.32. The van der Waals surface area contributed by atoms with Crippen molar-refractivity contribution in [3.63, 3.8) is 0 Å². The number of hydrogen-bond acceptors (Lipinski definition) is 4. The van der Waals surface area contributed by atoms with Crippen LogP contribution in [0.5, 0.6) is 0 Å². The molecule has 0 aliphatic carbocycles. The molecule has 0 aliphatic heterocycles. The van der Waals surface area contributed by atoms with E-state index in [-0.39, 0.29) is 34.1 Å². The molecule has 196 valence electrons. The van der Waals surface area contributed by atoms with Crippen molar-refractivity contribution in [1.82, 2.24) is 10.2 Å². The molecule has 0 radical (unpaired) electrons. The van der Waals surface area contributed by atoms with Crippen LogP contribution in [0.3, 0.4) is 0 Å². The van der Waals surface area contributed by atoms with E-state index in [1.54, 1.807) is 49.4 Å². The summed E-state index contributed by atoms with van der Waals surface area (Å²) in [5.74, 6) is -0.860. The highest BCUT2D eigenvalue weighted by atomic mass is 35.5. The minimum absolute atomic E-state index is 0.0266. The number of carbonyl (C=O) groups excluding carboxylic acids is 2. The van der Waals surface area contributed by atoms with Gasteiger partial charge in [-0.05, 0) is 63.1 Å². The van der Waals surface area contributed by atoms with E-state index < -0.39 is 28.5 Å². The average Bonchev–Trinajstić information content (AvgIpc) is 2.87. The number of aryl methyl sites for hydroxylation is 1. The summed E-state index contributed by atoms with van der Waals surface area (Å²) in [5.41, 5.74) is 1.99. The fourth-order valence-electron chi connectivity index (χ4n) is 3.85. The predicted molar refractivity (Wildman–Crippen MR) is 147 cm³/mol. The summed E-state index contributed by atoms with van der Waals surface area (Å²) in [5, 5.41) is 3.03. The Kier molecular flexibility index (Phi) is 9.34. The molecule has 0 unspecified atom stereocenters. The van der Waals surface area contributed by atoms with Gasteiger partial charge in [0.1, 0.15) is 12.6 Å². The second-order valence-corrected chi connectivity index (χ2v) is 11.3. The Morgan fingerprint density at radius 1 is 0.892 bits per heavy atom. The van der Waals surface area contributed by atoms with Crippen molar-refractivity contribution in [2.24, 2.45) is 0 Å². The van der Waals surface area contributed by atoms with Gasteiger partial charge in [-0.1, -0.05) is 66.2 Å². The fourth-order valence-corrected chi connectivity index (χ4v) is 5.59. The lowest BCUT2D eigenvalue weighted by atomic mass is 10.1. The lowest BCUT2D eigenvalue weighted by Crippen LogP contribution is -2.52.